The maximum atomic E-state index is 12.4. The van der Waals surface area contributed by atoms with Crippen LogP contribution in [0.1, 0.15) is 24.3 Å². The topological polar surface area (TPSA) is 159 Å². The van der Waals surface area contributed by atoms with Gasteiger partial charge in [0.05, 0.1) is 40.7 Å². The smallest absolute Gasteiger partial charge is 0.326 e. The van der Waals surface area contributed by atoms with Crippen LogP contribution >= 0.6 is 23.2 Å². The molecule has 5 N–H and O–H groups in total. The van der Waals surface area contributed by atoms with Crippen LogP contribution in [0.4, 0.5) is 5.69 Å². The maximum absolute atomic E-state index is 12.4. The van der Waals surface area contributed by atoms with Crippen molar-refractivity contribution in [3.63, 3.8) is 0 Å². The number of hydrogen-bond acceptors (Lipinski definition) is 9. The summed E-state index contributed by atoms with van der Waals surface area (Å²) in [5.41, 5.74) is 1.36. The van der Waals surface area contributed by atoms with Crippen LogP contribution in [0.3, 0.4) is 0 Å². The molecule has 2 aromatic heterocycles. The summed E-state index contributed by atoms with van der Waals surface area (Å²) in [4.78, 5) is 28.5. The first-order valence-corrected chi connectivity index (χ1v) is 13.4. The van der Waals surface area contributed by atoms with Gasteiger partial charge in [0, 0.05) is 42.0 Å². The van der Waals surface area contributed by atoms with Gasteiger partial charge in [-0.15, -0.1) is 0 Å². The Labute approximate surface area is 251 Å². The summed E-state index contributed by atoms with van der Waals surface area (Å²) in [5.74, 6) is -0.932. The van der Waals surface area contributed by atoms with Crippen molar-refractivity contribution in [3.05, 3.63) is 92.3 Å². The standard InChI is InChI=1S/C29H29Cl2N5O6/c1-29(15-37,28(40)41)32-14-16-10-11-21(35-26(16)42-3)19-8-4-6-17(23(19)30)18-7-5-9-22(24(18)31)34-25(38)20-12-13-33-36(2)27(20)39/h4-13,25,32,34,37-38H,14-15H2,1-3H3,(H,40,41)/t25?,29-/m1/s1. The fraction of sp³-hybridized carbons (Fsp3) is 0.241. The molecule has 0 spiro atoms. The van der Waals surface area contributed by atoms with E-state index in [1.807, 2.05) is 0 Å². The van der Waals surface area contributed by atoms with Crippen molar-refractivity contribution < 1.29 is 24.9 Å². The van der Waals surface area contributed by atoms with Gasteiger partial charge in [0.25, 0.3) is 5.56 Å². The highest BCUT2D eigenvalue weighted by atomic mass is 35.5. The molecule has 11 nitrogen and oxygen atoms in total. The molecule has 2 heterocycles. The molecule has 0 aliphatic heterocycles. The van der Waals surface area contributed by atoms with Crippen molar-refractivity contribution in [1.82, 2.24) is 20.1 Å². The molecule has 13 heteroatoms. The number of halogens is 2. The van der Waals surface area contributed by atoms with Gasteiger partial charge in [0.2, 0.25) is 5.88 Å². The van der Waals surface area contributed by atoms with Crippen LogP contribution in [0, 0.1) is 0 Å². The zero-order valence-corrected chi connectivity index (χ0v) is 24.4. The third-order valence-electron chi connectivity index (χ3n) is 6.77. The minimum Gasteiger partial charge on any atom is -0.481 e. The molecular formula is C29H29Cl2N5O6. The summed E-state index contributed by atoms with van der Waals surface area (Å²) in [7, 11) is 2.94. The van der Waals surface area contributed by atoms with Gasteiger partial charge in [-0.3, -0.25) is 14.9 Å². The largest absolute Gasteiger partial charge is 0.481 e. The van der Waals surface area contributed by atoms with E-state index in [-0.39, 0.29) is 23.0 Å². The number of aliphatic carboxylic acids is 1. The van der Waals surface area contributed by atoms with Gasteiger partial charge < -0.3 is 25.4 Å². The van der Waals surface area contributed by atoms with E-state index in [4.69, 9.17) is 27.9 Å². The molecule has 0 bridgehead atoms. The number of aryl methyl sites for hydroxylation is 1. The van der Waals surface area contributed by atoms with Crippen molar-refractivity contribution in [2.45, 2.75) is 25.2 Å². The number of methoxy groups -OCH3 is 1. The molecule has 42 heavy (non-hydrogen) atoms. The van der Waals surface area contributed by atoms with Gasteiger partial charge in [-0.1, -0.05) is 59.6 Å². The number of aromatic nitrogens is 3. The molecule has 220 valence electrons. The summed E-state index contributed by atoms with van der Waals surface area (Å²) in [6.07, 6.45) is 0.0794. The number of carbonyl (C=O) groups is 1. The van der Waals surface area contributed by atoms with E-state index in [0.29, 0.717) is 38.7 Å². The molecule has 2 aromatic carbocycles. The average molecular weight is 614 g/mol. The highest BCUT2D eigenvalue weighted by Crippen LogP contribution is 2.41. The number of pyridine rings is 1. The van der Waals surface area contributed by atoms with Gasteiger partial charge >= 0.3 is 5.97 Å². The van der Waals surface area contributed by atoms with Crippen LogP contribution in [-0.4, -0.2) is 55.3 Å². The highest BCUT2D eigenvalue weighted by Gasteiger charge is 2.32. The lowest BCUT2D eigenvalue weighted by Crippen LogP contribution is -2.52. The van der Waals surface area contributed by atoms with E-state index in [1.54, 1.807) is 48.5 Å². The van der Waals surface area contributed by atoms with E-state index in [0.717, 1.165) is 4.68 Å². The van der Waals surface area contributed by atoms with E-state index in [2.05, 4.69) is 20.7 Å². The average Bonchev–Trinajstić information content (AvgIpc) is 2.98. The highest BCUT2D eigenvalue weighted by molar-refractivity contribution is 6.39. The molecule has 4 rings (SSSR count). The summed E-state index contributed by atoms with van der Waals surface area (Å²) in [6, 6.07) is 15.5. The number of ether oxygens (including phenoxy) is 1. The van der Waals surface area contributed by atoms with E-state index in [9.17, 15) is 24.9 Å². The molecule has 4 aromatic rings. The minimum atomic E-state index is -1.53. The van der Waals surface area contributed by atoms with Crippen LogP contribution in [0.25, 0.3) is 22.4 Å². The number of anilines is 1. The van der Waals surface area contributed by atoms with Crippen molar-refractivity contribution >= 4 is 34.9 Å². The second-order valence-electron chi connectivity index (χ2n) is 9.61. The second kappa shape index (κ2) is 12.9. The van der Waals surface area contributed by atoms with Gasteiger partial charge in [-0.25, -0.2) is 9.67 Å². The molecule has 0 radical (unpaired) electrons. The number of nitrogens with one attached hydrogen (secondary N) is 2. The van der Waals surface area contributed by atoms with Gasteiger partial charge in [0.15, 0.2) is 6.23 Å². The number of rotatable bonds is 11. The van der Waals surface area contributed by atoms with Gasteiger partial charge in [-0.2, -0.15) is 5.10 Å². The number of aliphatic hydroxyl groups excluding tert-OH is 2. The zero-order chi connectivity index (χ0) is 30.6. The molecule has 1 unspecified atom stereocenters. The Morgan fingerprint density at radius 3 is 2.40 bits per heavy atom. The number of carboxylic acids is 1. The first kappa shape index (κ1) is 30.9. The quantitative estimate of drug-likeness (QED) is 0.157. The van der Waals surface area contributed by atoms with Gasteiger partial charge in [0.1, 0.15) is 5.54 Å². The fourth-order valence-corrected chi connectivity index (χ4v) is 4.77. The van der Waals surface area contributed by atoms with E-state index >= 15 is 0 Å². The summed E-state index contributed by atoms with van der Waals surface area (Å²) < 4.78 is 6.58. The monoisotopic (exact) mass is 613 g/mol. The van der Waals surface area contributed by atoms with Crippen LogP contribution in [0.2, 0.25) is 10.0 Å². The van der Waals surface area contributed by atoms with Crippen molar-refractivity contribution in [1.29, 1.82) is 0 Å². The predicted octanol–water partition coefficient (Wildman–Crippen LogP) is 3.85. The lowest BCUT2D eigenvalue weighted by atomic mass is 10.00. The Morgan fingerprint density at radius 2 is 1.74 bits per heavy atom. The summed E-state index contributed by atoms with van der Waals surface area (Å²) in [5, 5.41) is 39.8. The van der Waals surface area contributed by atoms with Gasteiger partial charge in [-0.05, 0) is 25.1 Å². The number of aliphatic hydroxyl groups is 2. The molecular weight excluding hydrogens is 585 g/mol. The predicted molar refractivity (Wildman–Crippen MR) is 160 cm³/mol. The zero-order valence-electron chi connectivity index (χ0n) is 22.9. The SMILES string of the molecule is COc1nc(-c2cccc(-c3cccc(NC(O)c4ccnn(C)c4=O)c3Cl)c2Cl)ccc1CN[C@](C)(CO)C(=O)O. The normalized spacial score (nSPS) is 13.3. The molecule has 0 aliphatic carbocycles. The molecule has 0 fully saturated rings. The Hall–Kier alpha value is -4.00. The van der Waals surface area contributed by atoms with Crippen molar-refractivity contribution in [2.24, 2.45) is 7.05 Å². The number of nitrogens with zero attached hydrogens (tertiary/aromatic N) is 3. The third-order valence-corrected chi connectivity index (χ3v) is 7.59. The Kier molecular flexibility index (Phi) is 9.50. The molecule has 0 aliphatic rings. The molecule has 2 atom stereocenters. The van der Waals surface area contributed by atoms with E-state index < -0.39 is 29.9 Å². The van der Waals surface area contributed by atoms with Crippen LogP contribution in [-0.2, 0) is 18.4 Å². The number of hydrogen-bond donors (Lipinski definition) is 5. The Balaban J connectivity index is 1.65. The fourth-order valence-electron chi connectivity index (χ4n) is 4.17. The van der Waals surface area contributed by atoms with Crippen LogP contribution in [0.15, 0.2) is 65.6 Å². The van der Waals surface area contributed by atoms with Crippen LogP contribution < -0.4 is 20.9 Å². The minimum absolute atomic E-state index is 0.0838. The summed E-state index contributed by atoms with van der Waals surface area (Å²) >= 11 is 13.6. The number of carboxylic acid groups (broad SMARTS) is 1. The lowest BCUT2D eigenvalue weighted by molar-refractivity contribution is -0.145. The summed E-state index contributed by atoms with van der Waals surface area (Å²) in [6.45, 7) is 0.866. The number of benzene rings is 2. The molecule has 0 saturated carbocycles. The molecule has 0 amide bonds. The maximum Gasteiger partial charge on any atom is 0.326 e. The third kappa shape index (κ3) is 6.25. The Bertz CT molecular complexity index is 1680. The van der Waals surface area contributed by atoms with E-state index in [1.165, 1.54) is 33.3 Å². The molecule has 0 saturated heterocycles. The first-order chi connectivity index (χ1) is 20.0. The first-order valence-electron chi connectivity index (χ1n) is 12.7. The Morgan fingerprint density at radius 1 is 1.07 bits per heavy atom. The van der Waals surface area contributed by atoms with Crippen molar-refractivity contribution in [2.75, 3.05) is 19.0 Å². The lowest BCUT2D eigenvalue weighted by Gasteiger charge is -2.24. The van der Waals surface area contributed by atoms with Crippen LogP contribution in [0.5, 0.6) is 5.88 Å². The van der Waals surface area contributed by atoms with Crippen molar-refractivity contribution in [3.8, 4) is 28.3 Å². The second-order valence-corrected chi connectivity index (χ2v) is 10.4.